The van der Waals surface area contributed by atoms with Gasteiger partial charge in [0, 0.05) is 62.2 Å². The summed E-state index contributed by atoms with van der Waals surface area (Å²) in [5.41, 5.74) is 5.23. The summed E-state index contributed by atoms with van der Waals surface area (Å²) in [5.74, 6) is 2.58. The van der Waals surface area contributed by atoms with Gasteiger partial charge in [-0.25, -0.2) is 18.2 Å². The molecule has 3 aliphatic rings. The molecule has 11 heteroatoms. The zero-order valence-electron chi connectivity index (χ0n) is 18.4. The van der Waals surface area contributed by atoms with E-state index >= 15 is 0 Å². The lowest BCUT2D eigenvalue weighted by Gasteiger charge is -2.38. The van der Waals surface area contributed by atoms with Gasteiger partial charge in [-0.2, -0.15) is 4.31 Å². The number of rotatable bonds is 2. The smallest absolute Gasteiger partial charge is 0.338 e. The van der Waals surface area contributed by atoms with Crippen LogP contribution < -0.4 is 5.43 Å². The third-order valence-corrected chi connectivity index (χ3v) is 11.0. The number of urea groups is 1. The summed E-state index contributed by atoms with van der Waals surface area (Å²) >= 11 is 2.95. The molecular weight excluding hydrogens is 478 g/mol. The van der Waals surface area contributed by atoms with E-state index in [0.717, 1.165) is 27.1 Å². The topological polar surface area (TPSA) is 76.2 Å². The van der Waals surface area contributed by atoms with Gasteiger partial charge in [-0.1, -0.05) is 23.7 Å². The number of terminal acetylenes is 1. The molecule has 174 valence electrons. The molecule has 8 nitrogen and oxygen atoms in total. The van der Waals surface area contributed by atoms with Gasteiger partial charge < -0.3 is 9.80 Å². The Bertz CT molecular complexity index is 1290. The van der Waals surface area contributed by atoms with Crippen LogP contribution in [0, 0.1) is 12.3 Å². The number of amides is 2. The van der Waals surface area contributed by atoms with Crippen LogP contribution >= 0.6 is 23.1 Å². The van der Waals surface area contributed by atoms with E-state index in [1.54, 1.807) is 27.7 Å². The Kier molecular flexibility index (Phi) is 5.73. The maximum atomic E-state index is 13.2. The SMILES string of the molecule is C#Cc1ccc2cc(S(=O)(=O)N3CCN(C(=O)N4CCC5=C(N4)SC(C)N5C)CC3)sc2c1. The number of benzene rings is 1. The fourth-order valence-electron chi connectivity index (χ4n) is 4.26. The summed E-state index contributed by atoms with van der Waals surface area (Å²) < 4.78 is 29.1. The molecule has 1 N–H and O–H groups in total. The van der Waals surface area contributed by atoms with E-state index < -0.39 is 10.0 Å². The Labute approximate surface area is 202 Å². The van der Waals surface area contributed by atoms with Gasteiger partial charge in [-0.15, -0.1) is 17.8 Å². The van der Waals surface area contributed by atoms with Crippen LogP contribution in [0.1, 0.15) is 18.9 Å². The molecule has 3 aliphatic heterocycles. The van der Waals surface area contributed by atoms with Crippen molar-refractivity contribution in [3.05, 3.63) is 40.6 Å². The first-order chi connectivity index (χ1) is 15.8. The van der Waals surface area contributed by atoms with Crippen molar-refractivity contribution >= 4 is 49.2 Å². The summed E-state index contributed by atoms with van der Waals surface area (Å²) in [6, 6.07) is 7.10. The summed E-state index contributed by atoms with van der Waals surface area (Å²) in [7, 11) is -1.55. The minimum atomic E-state index is -3.62. The molecule has 1 aromatic heterocycles. The van der Waals surface area contributed by atoms with E-state index in [1.165, 1.54) is 21.3 Å². The molecule has 1 atom stereocenters. The van der Waals surface area contributed by atoms with Crippen molar-refractivity contribution in [3.63, 3.8) is 0 Å². The molecule has 0 saturated carbocycles. The van der Waals surface area contributed by atoms with Crippen LogP contribution in [0.15, 0.2) is 39.2 Å². The highest BCUT2D eigenvalue weighted by molar-refractivity contribution is 8.03. The van der Waals surface area contributed by atoms with E-state index in [2.05, 4.69) is 30.2 Å². The predicted octanol–water partition coefficient (Wildman–Crippen LogP) is 2.71. The minimum Gasteiger partial charge on any atom is -0.364 e. The lowest BCUT2D eigenvalue weighted by Crippen LogP contribution is -2.57. The standard InChI is InChI=1S/C22H25N5O3S3/c1-4-16-5-6-17-14-20(32-19(17)13-16)33(29,30)26-11-9-25(10-12-26)22(28)27-8-7-18-21(23-27)31-15(2)24(18)3/h1,5-6,13-15,23H,7-12H2,2-3H3. The normalized spacial score (nSPS) is 21.8. The molecule has 0 spiro atoms. The number of nitrogens with zero attached hydrogens (tertiary/aromatic N) is 4. The quantitative estimate of drug-likeness (QED) is 0.636. The van der Waals surface area contributed by atoms with Crippen LogP contribution in [0.4, 0.5) is 4.79 Å². The number of hydrogen-bond donors (Lipinski definition) is 1. The van der Waals surface area contributed by atoms with Gasteiger partial charge in [0.15, 0.2) is 0 Å². The highest BCUT2D eigenvalue weighted by Crippen LogP contribution is 2.38. The fourth-order valence-corrected chi connectivity index (χ4v) is 8.45. The van der Waals surface area contributed by atoms with Crippen LogP contribution in [-0.4, -0.2) is 78.7 Å². The Morgan fingerprint density at radius 1 is 1.18 bits per heavy atom. The van der Waals surface area contributed by atoms with E-state index in [9.17, 15) is 13.2 Å². The van der Waals surface area contributed by atoms with Gasteiger partial charge in [-0.05, 0) is 30.5 Å². The number of nitrogens with one attached hydrogen (secondary N) is 1. The van der Waals surface area contributed by atoms with E-state index in [1.807, 2.05) is 18.2 Å². The van der Waals surface area contributed by atoms with Gasteiger partial charge in [0.05, 0.1) is 5.37 Å². The van der Waals surface area contributed by atoms with Crippen LogP contribution in [-0.2, 0) is 10.0 Å². The van der Waals surface area contributed by atoms with Crippen LogP contribution in [0.25, 0.3) is 10.1 Å². The summed E-state index contributed by atoms with van der Waals surface area (Å²) in [4.78, 5) is 17.0. The van der Waals surface area contributed by atoms with Crippen molar-refractivity contribution < 1.29 is 13.2 Å². The monoisotopic (exact) mass is 503 g/mol. The van der Waals surface area contributed by atoms with Gasteiger partial charge in [0.1, 0.15) is 9.24 Å². The van der Waals surface area contributed by atoms with E-state index in [0.29, 0.717) is 29.2 Å². The number of hydrazine groups is 1. The lowest BCUT2D eigenvalue weighted by molar-refractivity contribution is 0.117. The second kappa shape index (κ2) is 8.43. The average Bonchev–Trinajstić information content (AvgIpc) is 3.39. The number of sulfonamides is 1. The van der Waals surface area contributed by atoms with Crippen molar-refractivity contribution in [2.45, 2.75) is 22.9 Å². The lowest BCUT2D eigenvalue weighted by atomic mass is 10.2. The first-order valence-corrected chi connectivity index (χ1v) is 13.9. The molecule has 5 rings (SSSR count). The number of thiophene rings is 1. The number of fused-ring (bicyclic) bond motifs is 1. The van der Waals surface area contributed by atoms with Gasteiger partial charge in [-0.3, -0.25) is 5.43 Å². The zero-order chi connectivity index (χ0) is 23.3. The fraction of sp³-hybridized carbons (Fsp3) is 0.409. The van der Waals surface area contributed by atoms with Crippen LogP contribution in [0.3, 0.4) is 0 Å². The number of piperazine rings is 1. The molecule has 0 aliphatic carbocycles. The second-order valence-corrected chi connectivity index (χ2v) is 12.8. The Morgan fingerprint density at radius 2 is 1.94 bits per heavy atom. The molecule has 0 radical (unpaired) electrons. The molecule has 1 aromatic carbocycles. The zero-order valence-corrected chi connectivity index (χ0v) is 20.9. The Balaban J connectivity index is 1.24. The number of thioether (sulfide) groups is 1. The van der Waals surface area contributed by atoms with Gasteiger partial charge in [0.25, 0.3) is 10.0 Å². The van der Waals surface area contributed by atoms with E-state index in [4.69, 9.17) is 6.42 Å². The molecular formula is C22H25N5O3S3. The largest absolute Gasteiger partial charge is 0.364 e. The third kappa shape index (κ3) is 3.95. The summed E-state index contributed by atoms with van der Waals surface area (Å²) in [5, 5.41) is 3.89. The maximum Gasteiger partial charge on any atom is 0.338 e. The number of carbonyl (C=O) groups excluding carboxylic acids is 1. The van der Waals surface area contributed by atoms with Crippen molar-refractivity contribution in [2.75, 3.05) is 39.8 Å². The van der Waals surface area contributed by atoms with Crippen molar-refractivity contribution in [1.29, 1.82) is 0 Å². The predicted molar refractivity (Wildman–Crippen MR) is 132 cm³/mol. The van der Waals surface area contributed by atoms with Crippen LogP contribution in [0.2, 0.25) is 0 Å². The number of carbonyl (C=O) groups is 1. The molecule has 2 amide bonds. The molecule has 0 bridgehead atoms. The molecule has 33 heavy (non-hydrogen) atoms. The van der Waals surface area contributed by atoms with Gasteiger partial charge >= 0.3 is 6.03 Å². The van der Waals surface area contributed by atoms with Crippen molar-refractivity contribution in [3.8, 4) is 12.3 Å². The van der Waals surface area contributed by atoms with Crippen molar-refractivity contribution in [1.82, 2.24) is 24.5 Å². The first kappa shape index (κ1) is 22.4. The molecule has 1 fully saturated rings. The van der Waals surface area contributed by atoms with Crippen molar-refractivity contribution in [2.24, 2.45) is 0 Å². The molecule has 1 saturated heterocycles. The number of hydrogen-bond acceptors (Lipinski definition) is 7. The van der Waals surface area contributed by atoms with Crippen LogP contribution in [0.5, 0.6) is 0 Å². The second-order valence-electron chi connectivity index (χ2n) is 8.25. The molecule has 2 aromatic rings. The molecule has 4 heterocycles. The van der Waals surface area contributed by atoms with E-state index in [-0.39, 0.29) is 19.1 Å². The molecule has 1 unspecified atom stereocenters. The summed E-state index contributed by atoms with van der Waals surface area (Å²) in [6.07, 6.45) is 6.27. The Hall–Kier alpha value is -2.39. The highest BCUT2D eigenvalue weighted by atomic mass is 32.2. The minimum absolute atomic E-state index is 0.106. The Morgan fingerprint density at radius 3 is 2.67 bits per heavy atom. The third-order valence-electron chi connectivity index (χ3n) is 6.33. The maximum absolute atomic E-state index is 13.2. The highest BCUT2D eigenvalue weighted by Gasteiger charge is 2.36. The average molecular weight is 504 g/mol. The van der Waals surface area contributed by atoms with Gasteiger partial charge in [0.2, 0.25) is 0 Å². The first-order valence-electron chi connectivity index (χ1n) is 10.7. The summed E-state index contributed by atoms with van der Waals surface area (Å²) in [6.45, 7) is 3.99.